The van der Waals surface area contributed by atoms with Crippen LogP contribution in [0.2, 0.25) is 0 Å². The van der Waals surface area contributed by atoms with Gasteiger partial charge in [0.2, 0.25) is 5.78 Å². The van der Waals surface area contributed by atoms with E-state index in [9.17, 15) is 14.7 Å². The van der Waals surface area contributed by atoms with Crippen molar-refractivity contribution in [2.45, 2.75) is 13.8 Å². The SMILES string of the molecule is Cc1nn(-c2ccccc2)c(C)c1C(=O)C(=O)[O-]. The van der Waals surface area contributed by atoms with Crippen LogP contribution in [0.25, 0.3) is 5.69 Å². The Labute approximate surface area is 104 Å². The summed E-state index contributed by atoms with van der Waals surface area (Å²) in [5.41, 5.74) is 1.74. The van der Waals surface area contributed by atoms with Crippen LogP contribution in [0.3, 0.4) is 0 Å². The maximum atomic E-state index is 11.5. The molecule has 0 spiro atoms. The van der Waals surface area contributed by atoms with Gasteiger partial charge in [-0.2, -0.15) is 5.10 Å². The van der Waals surface area contributed by atoms with E-state index in [0.29, 0.717) is 11.4 Å². The topological polar surface area (TPSA) is 75.0 Å². The summed E-state index contributed by atoms with van der Waals surface area (Å²) < 4.78 is 1.55. The lowest BCUT2D eigenvalue weighted by molar-refractivity contribution is -0.296. The van der Waals surface area contributed by atoms with Crippen molar-refractivity contribution < 1.29 is 14.7 Å². The normalized spacial score (nSPS) is 10.3. The fraction of sp³-hybridized carbons (Fsp3) is 0.154. The molecule has 0 radical (unpaired) electrons. The first-order valence-electron chi connectivity index (χ1n) is 5.39. The molecule has 2 rings (SSSR count). The van der Waals surface area contributed by atoms with Gasteiger partial charge in [0.1, 0.15) is 5.97 Å². The number of carbonyl (C=O) groups is 2. The van der Waals surface area contributed by atoms with E-state index in [-0.39, 0.29) is 5.56 Å². The fourth-order valence-electron chi connectivity index (χ4n) is 1.89. The first-order chi connectivity index (χ1) is 8.52. The number of carboxylic acid groups (broad SMARTS) is 1. The summed E-state index contributed by atoms with van der Waals surface area (Å²) >= 11 is 0. The number of para-hydroxylation sites is 1. The molecule has 2 aromatic rings. The number of ketones is 1. The molecule has 18 heavy (non-hydrogen) atoms. The minimum Gasteiger partial charge on any atom is -0.541 e. The van der Waals surface area contributed by atoms with Crippen LogP contribution in [0.15, 0.2) is 30.3 Å². The Morgan fingerprint density at radius 1 is 1.17 bits per heavy atom. The lowest BCUT2D eigenvalue weighted by Crippen LogP contribution is -2.32. The Hall–Kier alpha value is -2.43. The van der Waals surface area contributed by atoms with Crippen LogP contribution in [0, 0.1) is 13.8 Å². The monoisotopic (exact) mass is 243 g/mol. The standard InChI is InChI=1S/C13H12N2O3/c1-8-11(12(16)13(17)18)9(2)15(14-8)10-6-4-3-5-7-10/h3-7H,1-2H3,(H,17,18)/p-1. The second-order valence-electron chi connectivity index (χ2n) is 3.91. The van der Waals surface area contributed by atoms with E-state index in [2.05, 4.69) is 5.10 Å². The molecule has 92 valence electrons. The molecule has 1 heterocycles. The molecule has 0 atom stereocenters. The third-order valence-corrected chi connectivity index (χ3v) is 2.70. The zero-order chi connectivity index (χ0) is 13.3. The van der Waals surface area contributed by atoms with Crippen molar-refractivity contribution in [3.63, 3.8) is 0 Å². The maximum Gasteiger partial charge on any atom is 0.212 e. The number of aromatic nitrogens is 2. The summed E-state index contributed by atoms with van der Waals surface area (Å²) in [6, 6.07) is 9.19. The maximum absolute atomic E-state index is 11.5. The van der Waals surface area contributed by atoms with Crippen molar-refractivity contribution in [3.8, 4) is 5.69 Å². The highest BCUT2D eigenvalue weighted by molar-refractivity contribution is 6.39. The highest BCUT2D eigenvalue weighted by Crippen LogP contribution is 2.18. The van der Waals surface area contributed by atoms with Gasteiger partial charge in [-0.05, 0) is 26.0 Å². The molecular formula is C13H11N2O3-. The molecular weight excluding hydrogens is 232 g/mol. The lowest BCUT2D eigenvalue weighted by Gasteiger charge is -2.05. The minimum atomic E-state index is -1.71. The fourth-order valence-corrected chi connectivity index (χ4v) is 1.89. The lowest BCUT2D eigenvalue weighted by atomic mass is 10.1. The number of aliphatic carboxylic acids is 1. The van der Waals surface area contributed by atoms with E-state index in [1.54, 1.807) is 18.5 Å². The van der Waals surface area contributed by atoms with Gasteiger partial charge in [0, 0.05) is 0 Å². The number of carbonyl (C=O) groups excluding carboxylic acids is 2. The summed E-state index contributed by atoms with van der Waals surface area (Å²) in [6.07, 6.45) is 0. The molecule has 0 aliphatic rings. The quantitative estimate of drug-likeness (QED) is 0.578. The Kier molecular flexibility index (Phi) is 2.97. The summed E-state index contributed by atoms with van der Waals surface area (Å²) in [5, 5.41) is 14.8. The molecule has 0 saturated carbocycles. The van der Waals surface area contributed by atoms with E-state index < -0.39 is 11.8 Å². The highest BCUT2D eigenvalue weighted by Gasteiger charge is 2.19. The molecule has 0 aliphatic carbocycles. The van der Waals surface area contributed by atoms with E-state index >= 15 is 0 Å². The van der Waals surface area contributed by atoms with Crippen LogP contribution in [-0.2, 0) is 4.79 Å². The summed E-state index contributed by atoms with van der Waals surface area (Å²) in [7, 11) is 0. The number of hydrogen-bond donors (Lipinski definition) is 0. The van der Waals surface area contributed by atoms with Gasteiger partial charge < -0.3 is 9.90 Å². The molecule has 0 saturated heterocycles. The molecule has 0 aliphatic heterocycles. The Morgan fingerprint density at radius 3 is 2.33 bits per heavy atom. The molecule has 1 aromatic heterocycles. The average Bonchev–Trinajstić information content (AvgIpc) is 2.65. The van der Waals surface area contributed by atoms with Gasteiger partial charge in [0.25, 0.3) is 0 Å². The smallest absolute Gasteiger partial charge is 0.212 e. The molecule has 0 unspecified atom stereocenters. The molecule has 0 bridgehead atoms. The average molecular weight is 243 g/mol. The van der Waals surface area contributed by atoms with Crippen molar-refractivity contribution in [3.05, 3.63) is 47.3 Å². The van der Waals surface area contributed by atoms with Crippen LogP contribution >= 0.6 is 0 Å². The largest absolute Gasteiger partial charge is 0.541 e. The molecule has 5 heteroatoms. The van der Waals surface area contributed by atoms with Gasteiger partial charge >= 0.3 is 0 Å². The third-order valence-electron chi connectivity index (χ3n) is 2.70. The van der Waals surface area contributed by atoms with E-state index in [4.69, 9.17) is 0 Å². The van der Waals surface area contributed by atoms with Gasteiger partial charge in [0.05, 0.1) is 22.6 Å². The summed E-state index contributed by atoms with van der Waals surface area (Å²) in [6.45, 7) is 3.26. The van der Waals surface area contributed by atoms with Crippen molar-refractivity contribution in [1.29, 1.82) is 0 Å². The van der Waals surface area contributed by atoms with E-state index in [1.807, 2.05) is 30.3 Å². The third kappa shape index (κ3) is 1.90. The number of Topliss-reactive ketones (excluding diaryl/α,β-unsaturated/α-hetero) is 1. The number of aryl methyl sites for hydroxylation is 1. The number of carboxylic acids is 1. The molecule has 5 nitrogen and oxygen atoms in total. The zero-order valence-corrected chi connectivity index (χ0v) is 10.0. The molecule has 1 aromatic carbocycles. The predicted molar refractivity (Wildman–Crippen MR) is 62.4 cm³/mol. The van der Waals surface area contributed by atoms with Gasteiger partial charge in [-0.1, -0.05) is 18.2 Å². The van der Waals surface area contributed by atoms with Crippen LogP contribution in [0.4, 0.5) is 0 Å². The van der Waals surface area contributed by atoms with Crippen LogP contribution < -0.4 is 5.11 Å². The van der Waals surface area contributed by atoms with Gasteiger partial charge in [-0.25, -0.2) is 4.68 Å². The van der Waals surface area contributed by atoms with Gasteiger partial charge in [-0.15, -0.1) is 0 Å². The number of benzene rings is 1. The molecule has 0 amide bonds. The van der Waals surface area contributed by atoms with Crippen LogP contribution in [-0.4, -0.2) is 21.5 Å². The van der Waals surface area contributed by atoms with Gasteiger partial charge in [0.15, 0.2) is 0 Å². The Morgan fingerprint density at radius 2 is 1.78 bits per heavy atom. The Bertz CT molecular complexity index is 615. The number of nitrogens with zero attached hydrogens (tertiary/aromatic N) is 2. The molecule has 0 fully saturated rings. The number of rotatable bonds is 3. The Balaban J connectivity index is 2.58. The van der Waals surface area contributed by atoms with Crippen molar-refractivity contribution in [1.82, 2.24) is 9.78 Å². The predicted octanol–water partition coefficient (Wildman–Crippen LogP) is 0.422. The second-order valence-corrected chi connectivity index (χ2v) is 3.91. The van der Waals surface area contributed by atoms with E-state index in [1.165, 1.54) is 0 Å². The van der Waals surface area contributed by atoms with Crippen molar-refractivity contribution >= 4 is 11.8 Å². The molecule has 0 N–H and O–H groups in total. The van der Waals surface area contributed by atoms with E-state index in [0.717, 1.165) is 5.69 Å². The minimum absolute atomic E-state index is 0.0962. The summed E-state index contributed by atoms with van der Waals surface area (Å²) in [5.74, 6) is -2.75. The van der Waals surface area contributed by atoms with Crippen molar-refractivity contribution in [2.75, 3.05) is 0 Å². The van der Waals surface area contributed by atoms with Crippen molar-refractivity contribution in [2.24, 2.45) is 0 Å². The highest BCUT2D eigenvalue weighted by atomic mass is 16.4. The van der Waals surface area contributed by atoms with Gasteiger partial charge in [-0.3, -0.25) is 4.79 Å². The number of hydrogen-bond acceptors (Lipinski definition) is 4. The summed E-state index contributed by atoms with van der Waals surface area (Å²) in [4.78, 5) is 22.2. The first kappa shape index (κ1) is 12.0. The van der Waals surface area contributed by atoms with Crippen LogP contribution in [0.1, 0.15) is 21.7 Å². The first-order valence-corrected chi connectivity index (χ1v) is 5.39. The zero-order valence-electron chi connectivity index (χ0n) is 10.0. The second kappa shape index (κ2) is 4.44. The van der Waals surface area contributed by atoms with Crippen LogP contribution in [0.5, 0.6) is 0 Å².